The van der Waals surface area contributed by atoms with E-state index in [9.17, 15) is 21.6 Å². The van der Waals surface area contributed by atoms with Gasteiger partial charge in [0.05, 0.1) is 5.75 Å². The van der Waals surface area contributed by atoms with E-state index in [4.69, 9.17) is 5.73 Å². The van der Waals surface area contributed by atoms with E-state index in [1.807, 2.05) is 0 Å². The molecule has 1 aromatic heterocycles. The Morgan fingerprint density at radius 3 is 2.32 bits per heavy atom. The molecule has 0 aliphatic carbocycles. The highest BCUT2D eigenvalue weighted by Crippen LogP contribution is 2.33. The zero-order valence-corrected chi connectivity index (χ0v) is 15.2. The van der Waals surface area contributed by atoms with Gasteiger partial charge >= 0.3 is 6.36 Å². The number of aromatic nitrogens is 1. The van der Waals surface area contributed by atoms with Crippen molar-refractivity contribution >= 4 is 16.5 Å². The molecular weight excluding hydrogens is 393 g/mol. The fraction of sp³-hybridized carbons (Fsp3) is 0.105. The molecule has 0 aliphatic rings. The molecule has 1 heterocycles. The second-order valence-electron chi connectivity index (χ2n) is 5.92. The van der Waals surface area contributed by atoms with Crippen LogP contribution >= 0.6 is 0 Å². The number of nitrogen functional groups attached to an aromatic ring is 1. The molecule has 3 aromatic rings. The summed E-state index contributed by atoms with van der Waals surface area (Å²) in [7, 11) is -2.51. The maximum Gasteiger partial charge on any atom is 0.573 e. The Hall–Kier alpha value is -3.07. The molecule has 0 spiro atoms. The predicted molar refractivity (Wildman–Crippen MR) is 100 cm³/mol. The van der Waals surface area contributed by atoms with Crippen LogP contribution in [0.25, 0.3) is 22.3 Å². The molecule has 0 aliphatic heterocycles. The third-order valence-corrected chi connectivity index (χ3v) is 4.52. The van der Waals surface area contributed by atoms with Crippen LogP contribution in [-0.2, 0) is 16.5 Å². The van der Waals surface area contributed by atoms with Crippen molar-refractivity contribution in [1.82, 2.24) is 4.98 Å². The van der Waals surface area contributed by atoms with Crippen LogP contribution in [0.5, 0.6) is 5.75 Å². The Balaban J connectivity index is 1.95. The molecule has 0 radical (unpaired) electrons. The second-order valence-corrected chi connectivity index (χ2v) is 6.90. The van der Waals surface area contributed by atoms with Gasteiger partial charge in [0.25, 0.3) is 0 Å². The first-order valence-electron chi connectivity index (χ1n) is 8.04. The molecule has 0 fully saturated rings. The fourth-order valence-corrected chi connectivity index (χ4v) is 3.19. The Bertz CT molecular complexity index is 1060. The normalized spacial score (nSPS) is 11.6. The van der Waals surface area contributed by atoms with Gasteiger partial charge in [0.15, 0.2) is 0 Å². The van der Waals surface area contributed by atoms with Crippen molar-refractivity contribution in [2.24, 2.45) is 0 Å². The van der Waals surface area contributed by atoms with Gasteiger partial charge in [-0.25, -0.2) is 13.4 Å². The average molecular weight is 408 g/mol. The van der Waals surface area contributed by atoms with Gasteiger partial charge in [-0.2, -0.15) is 0 Å². The summed E-state index contributed by atoms with van der Waals surface area (Å²) in [6, 6.07) is 14.0. The molecule has 9 heteroatoms. The van der Waals surface area contributed by atoms with E-state index in [0.29, 0.717) is 22.3 Å². The molecule has 0 atom stereocenters. The van der Waals surface area contributed by atoms with Gasteiger partial charge in [0.2, 0.25) is 0 Å². The Morgan fingerprint density at radius 2 is 1.68 bits per heavy atom. The minimum absolute atomic E-state index is 0.0488. The number of pyridine rings is 1. The smallest absolute Gasteiger partial charge is 0.406 e. The number of alkyl halides is 3. The Kier molecular flexibility index (Phi) is 5.55. The second kappa shape index (κ2) is 7.89. The number of benzene rings is 2. The first kappa shape index (κ1) is 19.7. The SMILES string of the molecule is Nc1ncc(-c2ccc(C[SH](=O)=O)cc2)cc1-c1cccc(OC(F)(F)F)c1. The van der Waals surface area contributed by atoms with Gasteiger partial charge < -0.3 is 10.5 Å². The highest BCUT2D eigenvalue weighted by Gasteiger charge is 2.31. The third kappa shape index (κ3) is 5.01. The zero-order chi connectivity index (χ0) is 20.3. The van der Waals surface area contributed by atoms with Gasteiger partial charge in [-0.1, -0.05) is 36.4 Å². The van der Waals surface area contributed by atoms with Gasteiger partial charge in [0.1, 0.15) is 22.3 Å². The fourth-order valence-electron chi connectivity index (χ4n) is 2.68. The topological polar surface area (TPSA) is 82.3 Å². The number of halogens is 3. The monoisotopic (exact) mass is 408 g/mol. The van der Waals surface area contributed by atoms with E-state index in [-0.39, 0.29) is 17.3 Å². The van der Waals surface area contributed by atoms with Gasteiger partial charge in [-0.15, -0.1) is 13.2 Å². The van der Waals surface area contributed by atoms with Crippen LogP contribution in [0.2, 0.25) is 0 Å². The number of hydrogen-bond acceptors (Lipinski definition) is 5. The van der Waals surface area contributed by atoms with Gasteiger partial charge in [-0.05, 0) is 34.9 Å². The number of thiol groups is 1. The van der Waals surface area contributed by atoms with Crippen LogP contribution in [0.15, 0.2) is 60.8 Å². The summed E-state index contributed by atoms with van der Waals surface area (Å²) in [6.07, 6.45) is -3.25. The summed E-state index contributed by atoms with van der Waals surface area (Å²) in [4.78, 5) is 4.12. The number of nitrogens with two attached hydrogens (primary N) is 1. The molecule has 0 unspecified atom stereocenters. The standard InChI is InChI=1S/C19H15F3N2O3S/c20-19(21,22)27-16-3-1-2-14(8-16)17-9-15(10-24-18(17)23)13-6-4-12(5-7-13)11-28(25)26/h1-10,28H,11H2,(H2,23,24). The molecule has 0 bridgehead atoms. The maximum atomic E-state index is 12.5. The van der Waals surface area contributed by atoms with Crippen LogP contribution < -0.4 is 10.5 Å². The summed E-state index contributed by atoms with van der Waals surface area (Å²) < 4.78 is 62.9. The molecule has 0 saturated heterocycles. The molecule has 146 valence electrons. The van der Waals surface area contributed by atoms with Crippen LogP contribution in [0.4, 0.5) is 19.0 Å². The van der Waals surface area contributed by atoms with Crippen LogP contribution in [0, 0.1) is 0 Å². The third-order valence-electron chi connectivity index (χ3n) is 3.90. The van der Waals surface area contributed by atoms with E-state index in [1.54, 1.807) is 36.4 Å². The highest BCUT2D eigenvalue weighted by atomic mass is 32.2. The highest BCUT2D eigenvalue weighted by molar-refractivity contribution is 7.71. The Morgan fingerprint density at radius 1 is 0.964 bits per heavy atom. The molecule has 2 aromatic carbocycles. The summed E-state index contributed by atoms with van der Waals surface area (Å²) in [5.74, 6) is -0.244. The van der Waals surface area contributed by atoms with Crippen LogP contribution in [0.3, 0.4) is 0 Å². The molecule has 2 N–H and O–H groups in total. The van der Waals surface area contributed by atoms with E-state index < -0.39 is 17.1 Å². The average Bonchev–Trinajstić information content (AvgIpc) is 2.61. The summed E-state index contributed by atoms with van der Waals surface area (Å²) in [5.41, 5.74) is 8.90. The van der Waals surface area contributed by atoms with Crippen molar-refractivity contribution in [2.45, 2.75) is 12.1 Å². The number of hydrogen-bond donors (Lipinski definition) is 2. The van der Waals surface area contributed by atoms with Crippen molar-refractivity contribution in [1.29, 1.82) is 0 Å². The zero-order valence-electron chi connectivity index (χ0n) is 14.3. The number of rotatable bonds is 5. The lowest BCUT2D eigenvalue weighted by Gasteiger charge is -2.12. The lowest BCUT2D eigenvalue weighted by molar-refractivity contribution is -0.274. The molecule has 28 heavy (non-hydrogen) atoms. The van der Waals surface area contributed by atoms with Gasteiger partial charge in [0, 0.05) is 17.3 Å². The lowest BCUT2D eigenvalue weighted by Crippen LogP contribution is -2.17. The molecule has 5 nitrogen and oxygen atoms in total. The van der Waals surface area contributed by atoms with Crippen molar-refractivity contribution < 1.29 is 26.3 Å². The van der Waals surface area contributed by atoms with Crippen molar-refractivity contribution in [3.05, 3.63) is 66.4 Å². The molecule has 0 saturated carbocycles. The van der Waals surface area contributed by atoms with Crippen molar-refractivity contribution in [2.75, 3.05) is 5.73 Å². The van der Waals surface area contributed by atoms with E-state index in [0.717, 1.165) is 5.56 Å². The summed E-state index contributed by atoms with van der Waals surface area (Å²) in [5, 5.41) is 0. The minimum atomic E-state index is -4.79. The minimum Gasteiger partial charge on any atom is -0.406 e. The van der Waals surface area contributed by atoms with Gasteiger partial charge in [-0.3, -0.25) is 0 Å². The Labute approximate surface area is 160 Å². The molecular formula is C19H15F3N2O3S. The predicted octanol–water partition coefficient (Wildman–Crippen LogP) is 4.01. The number of nitrogens with zero attached hydrogens (tertiary/aromatic N) is 1. The summed E-state index contributed by atoms with van der Waals surface area (Å²) >= 11 is 0. The van der Waals surface area contributed by atoms with E-state index >= 15 is 0 Å². The largest absolute Gasteiger partial charge is 0.573 e. The van der Waals surface area contributed by atoms with Crippen LogP contribution in [-0.4, -0.2) is 19.8 Å². The number of anilines is 1. The van der Waals surface area contributed by atoms with Crippen LogP contribution in [0.1, 0.15) is 5.56 Å². The van der Waals surface area contributed by atoms with E-state index in [1.165, 1.54) is 24.4 Å². The molecule has 0 amide bonds. The molecule has 3 rings (SSSR count). The maximum absolute atomic E-state index is 12.5. The van der Waals surface area contributed by atoms with E-state index in [2.05, 4.69) is 9.72 Å². The number of ether oxygens (including phenoxy) is 1. The summed E-state index contributed by atoms with van der Waals surface area (Å²) in [6.45, 7) is 0. The first-order valence-corrected chi connectivity index (χ1v) is 9.40. The lowest BCUT2D eigenvalue weighted by atomic mass is 10.0. The quantitative estimate of drug-likeness (QED) is 0.624. The van der Waals surface area contributed by atoms with Crippen molar-refractivity contribution in [3.63, 3.8) is 0 Å². The van der Waals surface area contributed by atoms with Crippen molar-refractivity contribution in [3.8, 4) is 28.0 Å². The first-order chi connectivity index (χ1) is 13.2.